The lowest BCUT2D eigenvalue weighted by Crippen LogP contribution is -1.92. The van der Waals surface area contributed by atoms with E-state index in [1.165, 1.54) is 16.0 Å². The van der Waals surface area contributed by atoms with Crippen LogP contribution in [0, 0.1) is 13.8 Å². The van der Waals surface area contributed by atoms with Crippen molar-refractivity contribution in [2.24, 2.45) is 0 Å². The van der Waals surface area contributed by atoms with Crippen molar-refractivity contribution in [3.63, 3.8) is 0 Å². The van der Waals surface area contributed by atoms with E-state index in [4.69, 9.17) is 0 Å². The Morgan fingerprint density at radius 3 is 2.44 bits per heavy atom. The number of pyridine rings is 1. The molecule has 0 saturated carbocycles. The summed E-state index contributed by atoms with van der Waals surface area (Å²) in [6.45, 7) is 5.97. The highest BCUT2D eigenvalue weighted by Gasteiger charge is 2.03. The fourth-order valence-corrected chi connectivity index (χ4v) is 2.45. The zero-order valence-corrected chi connectivity index (χ0v) is 11.7. The van der Waals surface area contributed by atoms with Gasteiger partial charge in [-0.15, -0.1) is 0 Å². The Kier molecular flexibility index (Phi) is 4.04. The molecule has 0 saturated heterocycles. The molecular weight excluding hydrogens is 242 g/mol. The Balaban J connectivity index is 2.15. The smallest absolute Gasteiger partial charge is 0.101 e. The minimum absolute atomic E-state index is 0.460. The molecule has 1 N–H and O–H groups in total. The minimum Gasteiger partial charge on any atom is -0.389 e. The van der Waals surface area contributed by atoms with Crippen LogP contribution in [0.15, 0.2) is 46.5 Å². The Labute approximate surface area is 112 Å². The molecule has 2 aromatic rings. The number of aryl methyl sites for hydroxylation is 2. The molecule has 18 heavy (non-hydrogen) atoms. The van der Waals surface area contributed by atoms with E-state index in [-0.39, 0.29) is 0 Å². The maximum absolute atomic E-state index is 9.42. The van der Waals surface area contributed by atoms with Crippen LogP contribution in [0.2, 0.25) is 0 Å². The zero-order valence-electron chi connectivity index (χ0n) is 10.8. The fourth-order valence-electron chi connectivity index (χ4n) is 1.60. The molecular formula is C15H17NOS. The van der Waals surface area contributed by atoms with E-state index in [1.54, 1.807) is 24.9 Å². The maximum Gasteiger partial charge on any atom is 0.101 e. The van der Waals surface area contributed by atoms with E-state index in [2.05, 4.69) is 37.0 Å². The average Bonchev–Trinajstić information content (AvgIpc) is 2.34. The van der Waals surface area contributed by atoms with E-state index in [0.29, 0.717) is 0 Å². The fraction of sp³-hybridized carbons (Fsp3) is 0.267. The summed E-state index contributed by atoms with van der Waals surface area (Å²) < 4.78 is 0. The van der Waals surface area contributed by atoms with Crippen LogP contribution >= 0.6 is 11.8 Å². The van der Waals surface area contributed by atoms with Gasteiger partial charge in [-0.05, 0) is 55.7 Å². The largest absolute Gasteiger partial charge is 0.389 e. The molecule has 0 spiro atoms. The predicted molar refractivity (Wildman–Crippen MR) is 74.9 cm³/mol. The zero-order chi connectivity index (χ0) is 13.1. The normalized spacial score (nSPS) is 12.4. The summed E-state index contributed by atoms with van der Waals surface area (Å²) >= 11 is 1.64. The molecule has 1 aromatic carbocycles. The van der Waals surface area contributed by atoms with Gasteiger partial charge in [0.2, 0.25) is 0 Å². The van der Waals surface area contributed by atoms with E-state index in [0.717, 1.165) is 10.6 Å². The number of rotatable bonds is 3. The topological polar surface area (TPSA) is 33.1 Å². The molecule has 0 aliphatic heterocycles. The van der Waals surface area contributed by atoms with Crippen molar-refractivity contribution in [1.82, 2.24) is 4.98 Å². The number of hydrogen-bond donors (Lipinski definition) is 1. The standard InChI is InChI=1S/C15H17NOS/c1-10-4-6-14(8-11(10)2)18-15-7-5-13(9-16-15)12(3)17/h4-9,12,17H,1-3H3. The van der Waals surface area contributed by atoms with Crippen LogP contribution in [0.5, 0.6) is 0 Å². The van der Waals surface area contributed by atoms with Crippen LogP contribution in [0.1, 0.15) is 29.7 Å². The molecule has 2 rings (SSSR count). The second-order valence-corrected chi connectivity index (χ2v) is 5.55. The summed E-state index contributed by atoms with van der Waals surface area (Å²) in [6.07, 6.45) is 1.27. The predicted octanol–water partition coefficient (Wildman–Crippen LogP) is 3.90. The monoisotopic (exact) mass is 259 g/mol. The Bertz CT molecular complexity index is 535. The number of aliphatic hydroxyl groups is 1. The molecule has 94 valence electrons. The third-order valence-corrected chi connectivity index (χ3v) is 3.88. The second kappa shape index (κ2) is 5.55. The maximum atomic E-state index is 9.42. The van der Waals surface area contributed by atoms with Gasteiger partial charge in [0, 0.05) is 11.1 Å². The van der Waals surface area contributed by atoms with Gasteiger partial charge in [0.1, 0.15) is 5.03 Å². The first-order chi connectivity index (χ1) is 8.56. The highest BCUT2D eigenvalue weighted by atomic mass is 32.2. The molecule has 0 amide bonds. The summed E-state index contributed by atoms with van der Waals surface area (Å²) in [4.78, 5) is 5.54. The molecule has 0 bridgehead atoms. The molecule has 1 atom stereocenters. The van der Waals surface area contributed by atoms with Gasteiger partial charge in [0.25, 0.3) is 0 Å². The van der Waals surface area contributed by atoms with Crippen molar-refractivity contribution in [2.45, 2.75) is 36.8 Å². The van der Waals surface area contributed by atoms with Crippen LogP contribution in [0.4, 0.5) is 0 Å². The number of hydrogen-bond acceptors (Lipinski definition) is 3. The highest BCUT2D eigenvalue weighted by molar-refractivity contribution is 7.99. The van der Waals surface area contributed by atoms with E-state index in [9.17, 15) is 5.11 Å². The number of benzene rings is 1. The molecule has 1 aromatic heterocycles. The third kappa shape index (κ3) is 3.12. The molecule has 1 unspecified atom stereocenters. The quantitative estimate of drug-likeness (QED) is 0.907. The van der Waals surface area contributed by atoms with Gasteiger partial charge >= 0.3 is 0 Å². The number of aromatic nitrogens is 1. The SMILES string of the molecule is Cc1ccc(Sc2ccc(C(C)O)cn2)cc1C. The summed E-state index contributed by atoms with van der Waals surface area (Å²) in [5, 5.41) is 10.4. The molecule has 0 aliphatic carbocycles. The van der Waals surface area contributed by atoms with Crippen LogP contribution in [0.25, 0.3) is 0 Å². The van der Waals surface area contributed by atoms with Crippen LogP contribution in [-0.2, 0) is 0 Å². The Morgan fingerprint density at radius 1 is 1.11 bits per heavy atom. The van der Waals surface area contributed by atoms with Gasteiger partial charge in [-0.2, -0.15) is 0 Å². The summed E-state index contributed by atoms with van der Waals surface area (Å²) in [5.74, 6) is 0. The van der Waals surface area contributed by atoms with E-state index in [1.807, 2.05) is 12.1 Å². The van der Waals surface area contributed by atoms with Crippen LogP contribution in [0.3, 0.4) is 0 Å². The second-order valence-electron chi connectivity index (χ2n) is 4.45. The lowest BCUT2D eigenvalue weighted by atomic mass is 10.1. The van der Waals surface area contributed by atoms with E-state index < -0.39 is 6.10 Å². The summed E-state index contributed by atoms with van der Waals surface area (Å²) in [6, 6.07) is 10.3. The summed E-state index contributed by atoms with van der Waals surface area (Å²) in [7, 11) is 0. The van der Waals surface area contributed by atoms with Gasteiger partial charge in [-0.1, -0.05) is 23.9 Å². The average molecular weight is 259 g/mol. The van der Waals surface area contributed by atoms with Gasteiger partial charge in [-0.3, -0.25) is 0 Å². The molecule has 2 nitrogen and oxygen atoms in total. The van der Waals surface area contributed by atoms with E-state index >= 15 is 0 Å². The van der Waals surface area contributed by atoms with Crippen molar-refractivity contribution in [2.75, 3.05) is 0 Å². The lowest BCUT2D eigenvalue weighted by molar-refractivity contribution is 0.198. The van der Waals surface area contributed by atoms with Crippen LogP contribution < -0.4 is 0 Å². The molecule has 3 heteroatoms. The minimum atomic E-state index is -0.460. The first kappa shape index (κ1) is 13.1. The van der Waals surface area contributed by atoms with Crippen molar-refractivity contribution in [3.05, 3.63) is 53.2 Å². The van der Waals surface area contributed by atoms with Gasteiger partial charge < -0.3 is 5.11 Å². The van der Waals surface area contributed by atoms with Crippen molar-refractivity contribution >= 4 is 11.8 Å². The first-order valence-corrected chi connectivity index (χ1v) is 6.77. The van der Waals surface area contributed by atoms with Gasteiger partial charge in [0.15, 0.2) is 0 Å². The van der Waals surface area contributed by atoms with Crippen molar-refractivity contribution in [3.8, 4) is 0 Å². The molecule has 0 aliphatic rings. The Hall–Kier alpha value is -1.32. The van der Waals surface area contributed by atoms with Gasteiger partial charge in [0.05, 0.1) is 6.10 Å². The highest BCUT2D eigenvalue weighted by Crippen LogP contribution is 2.28. The third-order valence-electron chi connectivity index (χ3n) is 2.94. The van der Waals surface area contributed by atoms with Crippen molar-refractivity contribution < 1.29 is 5.11 Å². The first-order valence-electron chi connectivity index (χ1n) is 5.95. The molecule has 0 fully saturated rings. The van der Waals surface area contributed by atoms with Crippen molar-refractivity contribution in [1.29, 1.82) is 0 Å². The summed E-state index contributed by atoms with van der Waals surface area (Å²) in [5.41, 5.74) is 3.44. The van der Waals surface area contributed by atoms with Gasteiger partial charge in [-0.25, -0.2) is 4.98 Å². The molecule has 0 radical (unpaired) electrons. The Morgan fingerprint density at radius 2 is 1.89 bits per heavy atom. The molecule has 1 heterocycles. The lowest BCUT2D eigenvalue weighted by Gasteiger charge is -2.06. The number of nitrogens with zero attached hydrogens (tertiary/aromatic N) is 1. The van der Waals surface area contributed by atoms with Crippen LogP contribution in [-0.4, -0.2) is 10.1 Å². The number of aliphatic hydroxyl groups excluding tert-OH is 1.